The van der Waals surface area contributed by atoms with Crippen molar-refractivity contribution in [3.8, 4) is 0 Å². The van der Waals surface area contributed by atoms with Gasteiger partial charge >= 0.3 is 0 Å². The SMILES string of the molecule is CC1COCCN1c1cc(N)nc(C2CC2)n1. The number of rotatable bonds is 2. The van der Waals surface area contributed by atoms with Crippen LogP contribution in [0.5, 0.6) is 0 Å². The molecule has 1 unspecified atom stereocenters. The molecule has 5 nitrogen and oxygen atoms in total. The van der Waals surface area contributed by atoms with Gasteiger partial charge in [-0.05, 0) is 19.8 Å². The molecule has 0 bridgehead atoms. The van der Waals surface area contributed by atoms with Crippen LogP contribution < -0.4 is 10.6 Å². The second-order valence-corrected chi connectivity index (χ2v) is 4.90. The van der Waals surface area contributed by atoms with Crippen LogP contribution in [0.4, 0.5) is 11.6 Å². The molecule has 0 aromatic carbocycles. The second kappa shape index (κ2) is 4.14. The number of morpholine rings is 1. The number of nitrogen functional groups attached to an aromatic ring is 1. The highest BCUT2D eigenvalue weighted by atomic mass is 16.5. The summed E-state index contributed by atoms with van der Waals surface area (Å²) in [4.78, 5) is 11.2. The van der Waals surface area contributed by atoms with Gasteiger partial charge in [0.15, 0.2) is 0 Å². The van der Waals surface area contributed by atoms with Crippen LogP contribution in [0.2, 0.25) is 0 Å². The Morgan fingerprint density at radius 2 is 2.24 bits per heavy atom. The van der Waals surface area contributed by atoms with Crippen LogP contribution in [0, 0.1) is 0 Å². The molecule has 92 valence electrons. The van der Waals surface area contributed by atoms with Crippen LogP contribution >= 0.6 is 0 Å². The van der Waals surface area contributed by atoms with Gasteiger partial charge in [0.1, 0.15) is 17.5 Å². The molecule has 2 heterocycles. The third-order valence-corrected chi connectivity index (χ3v) is 3.35. The molecule has 1 aliphatic heterocycles. The Hall–Kier alpha value is -1.36. The zero-order chi connectivity index (χ0) is 11.8. The van der Waals surface area contributed by atoms with Crippen LogP contribution in [0.15, 0.2) is 6.07 Å². The fourth-order valence-corrected chi connectivity index (χ4v) is 2.21. The summed E-state index contributed by atoms with van der Waals surface area (Å²) in [6.45, 7) is 4.53. The van der Waals surface area contributed by atoms with Crippen molar-refractivity contribution in [2.24, 2.45) is 0 Å². The van der Waals surface area contributed by atoms with E-state index < -0.39 is 0 Å². The first-order valence-corrected chi connectivity index (χ1v) is 6.23. The summed E-state index contributed by atoms with van der Waals surface area (Å²) in [5.41, 5.74) is 5.87. The molecular weight excluding hydrogens is 216 g/mol. The summed E-state index contributed by atoms with van der Waals surface area (Å²) in [6, 6.07) is 2.22. The number of nitrogens with zero attached hydrogens (tertiary/aromatic N) is 3. The van der Waals surface area contributed by atoms with E-state index in [1.165, 1.54) is 12.8 Å². The standard InChI is InChI=1S/C12H18N4O/c1-8-7-17-5-4-16(8)11-6-10(13)14-12(15-11)9-2-3-9/h6,8-9H,2-5,7H2,1H3,(H2,13,14,15). The van der Waals surface area contributed by atoms with Crippen molar-refractivity contribution in [1.82, 2.24) is 9.97 Å². The molecule has 1 aromatic rings. The molecule has 1 aliphatic carbocycles. The summed E-state index contributed by atoms with van der Waals surface area (Å²) in [6.07, 6.45) is 2.39. The first kappa shape index (κ1) is 10.8. The van der Waals surface area contributed by atoms with Gasteiger partial charge in [0.05, 0.1) is 19.3 Å². The van der Waals surface area contributed by atoms with Crippen LogP contribution in [-0.2, 0) is 4.74 Å². The number of anilines is 2. The molecule has 5 heteroatoms. The zero-order valence-electron chi connectivity index (χ0n) is 10.1. The van der Waals surface area contributed by atoms with Crippen molar-refractivity contribution in [2.45, 2.75) is 31.7 Å². The fraction of sp³-hybridized carbons (Fsp3) is 0.667. The molecule has 2 aliphatic rings. The Kier molecular flexibility index (Phi) is 2.63. The fourth-order valence-electron chi connectivity index (χ4n) is 2.21. The quantitative estimate of drug-likeness (QED) is 0.832. The summed E-state index contributed by atoms with van der Waals surface area (Å²) in [7, 11) is 0. The number of hydrogen-bond acceptors (Lipinski definition) is 5. The maximum absolute atomic E-state index is 5.87. The lowest BCUT2D eigenvalue weighted by Gasteiger charge is -2.34. The van der Waals surface area contributed by atoms with Gasteiger partial charge in [0.25, 0.3) is 0 Å². The van der Waals surface area contributed by atoms with Crippen molar-refractivity contribution in [1.29, 1.82) is 0 Å². The third-order valence-electron chi connectivity index (χ3n) is 3.35. The van der Waals surface area contributed by atoms with Crippen molar-refractivity contribution in [2.75, 3.05) is 30.4 Å². The third kappa shape index (κ3) is 2.20. The lowest BCUT2D eigenvalue weighted by Crippen LogP contribution is -2.44. The van der Waals surface area contributed by atoms with Crippen LogP contribution in [-0.4, -0.2) is 35.8 Å². The maximum Gasteiger partial charge on any atom is 0.136 e. The van der Waals surface area contributed by atoms with Crippen molar-refractivity contribution < 1.29 is 4.74 Å². The number of aromatic nitrogens is 2. The van der Waals surface area contributed by atoms with Gasteiger partial charge in [-0.2, -0.15) is 0 Å². The van der Waals surface area contributed by atoms with E-state index in [2.05, 4.69) is 21.8 Å². The first-order chi connectivity index (χ1) is 8.24. The minimum Gasteiger partial charge on any atom is -0.384 e. The van der Waals surface area contributed by atoms with Crippen molar-refractivity contribution in [3.05, 3.63) is 11.9 Å². The van der Waals surface area contributed by atoms with Gasteiger partial charge in [-0.25, -0.2) is 9.97 Å². The lowest BCUT2D eigenvalue weighted by molar-refractivity contribution is 0.0985. The van der Waals surface area contributed by atoms with Crippen LogP contribution in [0.25, 0.3) is 0 Å². The Morgan fingerprint density at radius 1 is 1.41 bits per heavy atom. The average Bonchev–Trinajstić information content (AvgIpc) is 3.12. The first-order valence-electron chi connectivity index (χ1n) is 6.23. The molecule has 0 spiro atoms. The van der Waals surface area contributed by atoms with E-state index in [1.54, 1.807) is 0 Å². The maximum atomic E-state index is 5.87. The van der Waals surface area contributed by atoms with Crippen LogP contribution in [0.1, 0.15) is 31.5 Å². The molecule has 2 N–H and O–H groups in total. The van der Waals surface area contributed by atoms with E-state index in [1.807, 2.05) is 6.07 Å². The molecular formula is C12H18N4O. The normalized spacial score (nSPS) is 25.0. The van der Waals surface area contributed by atoms with Gasteiger partial charge in [0, 0.05) is 18.5 Å². The van der Waals surface area contributed by atoms with E-state index in [9.17, 15) is 0 Å². The number of ether oxygens (including phenoxy) is 1. The summed E-state index contributed by atoms with van der Waals surface area (Å²) in [5.74, 6) is 2.98. The smallest absolute Gasteiger partial charge is 0.136 e. The average molecular weight is 234 g/mol. The number of nitrogens with two attached hydrogens (primary N) is 1. The Balaban J connectivity index is 1.90. The highest BCUT2D eigenvalue weighted by Gasteiger charge is 2.28. The summed E-state index contributed by atoms with van der Waals surface area (Å²) >= 11 is 0. The molecule has 1 saturated heterocycles. The highest BCUT2D eigenvalue weighted by Crippen LogP contribution is 2.39. The van der Waals surface area contributed by atoms with E-state index in [0.717, 1.165) is 31.4 Å². The zero-order valence-corrected chi connectivity index (χ0v) is 10.1. The highest BCUT2D eigenvalue weighted by molar-refractivity contribution is 5.48. The Labute approximate surface area is 101 Å². The van der Waals surface area contributed by atoms with E-state index in [-0.39, 0.29) is 0 Å². The Bertz CT molecular complexity index is 419. The molecule has 0 radical (unpaired) electrons. The Morgan fingerprint density at radius 3 is 2.94 bits per heavy atom. The predicted octanol–water partition coefficient (Wildman–Crippen LogP) is 1.16. The molecule has 2 fully saturated rings. The molecule has 0 amide bonds. The van der Waals surface area contributed by atoms with Gasteiger partial charge in [-0.1, -0.05) is 0 Å². The van der Waals surface area contributed by atoms with Crippen molar-refractivity contribution in [3.63, 3.8) is 0 Å². The van der Waals surface area contributed by atoms with E-state index in [4.69, 9.17) is 10.5 Å². The molecule has 17 heavy (non-hydrogen) atoms. The molecule has 1 atom stereocenters. The monoisotopic (exact) mass is 234 g/mol. The second-order valence-electron chi connectivity index (χ2n) is 4.90. The number of hydrogen-bond donors (Lipinski definition) is 1. The largest absolute Gasteiger partial charge is 0.384 e. The van der Waals surface area contributed by atoms with Gasteiger partial charge < -0.3 is 15.4 Å². The topological polar surface area (TPSA) is 64.3 Å². The van der Waals surface area contributed by atoms with Gasteiger partial charge in [-0.3, -0.25) is 0 Å². The lowest BCUT2D eigenvalue weighted by atomic mass is 10.2. The van der Waals surface area contributed by atoms with Crippen molar-refractivity contribution >= 4 is 11.6 Å². The van der Waals surface area contributed by atoms with Gasteiger partial charge in [0.2, 0.25) is 0 Å². The minimum absolute atomic E-state index is 0.352. The summed E-state index contributed by atoms with van der Waals surface area (Å²) < 4.78 is 5.44. The minimum atomic E-state index is 0.352. The summed E-state index contributed by atoms with van der Waals surface area (Å²) in [5, 5.41) is 0. The van der Waals surface area contributed by atoms with Crippen LogP contribution in [0.3, 0.4) is 0 Å². The predicted molar refractivity (Wildman–Crippen MR) is 66.0 cm³/mol. The van der Waals surface area contributed by atoms with E-state index in [0.29, 0.717) is 17.8 Å². The molecule has 1 saturated carbocycles. The molecule has 1 aromatic heterocycles. The van der Waals surface area contributed by atoms with Gasteiger partial charge in [-0.15, -0.1) is 0 Å². The molecule has 3 rings (SSSR count). The van der Waals surface area contributed by atoms with E-state index >= 15 is 0 Å².